The summed E-state index contributed by atoms with van der Waals surface area (Å²) in [5.74, 6) is 0.414. The molecular weight excluding hydrogens is 235 g/mol. The van der Waals surface area contributed by atoms with Crippen molar-refractivity contribution in [3.8, 4) is 5.75 Å². The lowest BCUT2D eigenvalue weighted by atomic mass is 10.1. The zero-order valence-corrected chi connectivity index (χ0v) is 9.27. The lowest BCUT2D eigenvalue weighted by Crippen LogP contribution is -2.02. The third-order valence-electron chi connectivity index (χ3n) is 1.78. The molecule has 0 saturated carbocycles. The van der Waals surface area contributed by atoms with Crippen LogP contribution in [-0.2, 0) is 6.42 Å². The molecule has 13 heavy (non-hydrogen) atoms. The molecule has 72 valence electrons. The standard InChI is InChI=1S/C10H12BrFO/c1-7(11)6-8-9(12)4-3-5-10(8)13-2/h3-5,7H,6H2,1-2H3. The van der Waals surface area contributed by atoms with Gasteiger partial charge in [-0.2, -0.15) is 0 Å². The van der Waals surface area contributed by atoms with Gasteiger partial charge in [0.05, 0.1) is 7.11 Å². The van der Waals surface area contributed by atoms with Crippen LogP contribution >= 0.6 is 15.9 Å². The van der Waals surface area contributed by atoms with Crippen LogP contribution in [0.2, 0.25) is 0 Å². The van der Waals surface area contributed by atoms with Crippen molar-refractivity contribution >= 4 is 15.9 Å². The second kappa shape index (κ2) is 4.61. The molecule has 0 radical (unpaired) electrons. The highest BCUT2D eigenvalue weighted by Crippen LogP contribution is 2.24. The average molecular weight is 247 g/mol. The minimum Gasteiger partial charge on any atom is -0.496 e. The van der Waals surface area contributed by atoms with Crippen LogP contribution in [0.15, 0.2) is 18.2 Å². The van der Waals surface area contributed by atoms with Gasteiger partial charge < -0.3 is 4.74 Å². The fraction of sp³-hybridized carbons (Fsp3) is 0.400. The Kier molecular flexibility index (Phi) is 3.72. The molecule has 1 aromatic carbocycles. The van der Waals surface area contributed by atoms with E-state index in [1.807, 2.05) is 6.92 Å². The Hall–Kier alpha value is -0.570. The van der Waals surface area contributed by atoms with E-state index in [1.165, 1.54) is 6.07 Å². The Morgan fingerprint density at radius 2 is 2.23 bits per heavy atom. The number of rotatable bonds is 3. The summed E-state index contributed by atoms with van der Waals surface area (Å²) in [4.78, 5) is 0.248. The van der Waals surface area contributed by atoms with Crippen molar-refractivity contribution in [1.29, 1.82) is 0 Å². The fourth-order valence-electron chi connectivity index (χ4n) is 1.21. The number of hydrogen-bond acceptors (Lipinski definition) is 1. The second-order valence-corrected chi connectivity index (χ2v) is 4.47. The predicted octanol–water partition coefficient (Wildman–Crippen LogP) is 3.16. The normalized spacial score (nSPS) is 12.6. The van der Waals surface area contributed by atoms with Crippen molar-refractivity contribution < 1.29 is 9.13 Å². The van der Waals surface area contributed by atoms with Crippen LogP contribution in [0.1, 0.15) is 12.5 Å². The van der Waals surface area contributed by atoms with E-state index < -0.39 is 0 Å². The molecular formula is C10H12BrFO. The van der Waals surface area contributed by atoms with Gasteiger partial charge in [0.15, 0.2) is 0 Å². The maximum Gasteiger partial charge on any atom is 0.130 e. The molecule has 0 aliphatic carbocycles. The summed E-state index contributed by atoms with van der Waals surface area (Å²) >= 11 is 3.39. The Morgan fingerprint density at radius 1 is 1.54 bits per heavy atom. The minimum absolute atomic E-state index is 0.203. The highest BCUT2D eigenvalue weighted by atomic mass is 79.9. The van der Waals surface area contributed by atoms with Crippen LogP contribution in [-0.4, -0.2) is 11.9 Å². The molecule has 1 aromatic rings. The largest absolute Gasteiger partial charge is 0.496 e. The Labute approximate surface area is 86.0 Å². The van der Waals surface area contributed by atoms with E-state index in [-0.39, 0.29) is 10.6 Å². The average Bonchev–Trinajstić information content (AvgIpc) is 2.08. The first-order valence-corrected chi connectivity index (χ1v) is 5.02. The molecule has 0 spiro atoms. The Morgan fingerprint density at radius 3 is 2.77 bits per heavy atom. The van der Waals surface area contributed by atoms with Gasteiger partial charge in [-0.1, -0.05) is 28.9 Å². The molecule has 0 saturated heterocycles. The molecule has 0 heterocycles. The first-order valence-electron chi connectivity index (χ1n) is 4.10. The van der Waals surface area contributed by atoms with Gasteiger partial charge in [0.2, 0.25) is 0 Å². The summed E-state index contributed by atoms with van der Waals surface area (Å²) in [6.07, 6.45) is 0.635. The van der Waals surface area contributed by atoms with E-state index in [0.29, 0.717) is 17.7 Å². The molecule has 0 amide bonds. The number of halogens is 2. The lowest BCUT2D eigenvalue weighted by molar-refractivity contribution is 0.404. The van der Waals surface area contributed by atoms with Gasteiger partial charge in [-0.05, 0) is 18.6 Å². The number of alkyl halides is 1. The highest BCUT2D eigenvalue weighted by molar-refractivity contribution is 9.09. The summed E-state index contributed by atoms with van der Waals surface area (Å²) in [5, 5.41) is 0. The Balaban J connectivity index is 3.00. The maximum atomic E-state index is 13.3. The zero-order chi connectivity index (χ0) is 9.84. The summed E-state index contributed by atoms with van der Waals surface area (Å²) in [7, 11) is 1.55. The third kappa shape index (κ3) is 2.69. The van der Waals surface area contributed by atoms with E-state index in [2.05, 4.69) is 15.9 Å². The summed E-state index contributed by atoms with van der Waals surface area (Å²) in [6.45, 7) is 1.98. The highest BCUT2D eigenvalue weighted by Gasteiger charge is 2.10. The van der Waals surface area contributed by atoms with E-state index in [9.17, 15) is 4.39 Å². The van der Waals surface area contributed by atoms with E-state index in [4.69, 9.17) is 4.74 Å². The van der Waals surface area contributed by atoms with Crippen molar-refractivity contribution in [3.05, 3.63) is 29.6 Å². The minimum atomic E-state index is -0.203. The molecule has 3 heteroatoms. The van der Waals surface area contributed by atoms with Gasteiger partial charge >= 0.3 is 0 Å². The predicted molar refractivity (Wildman–Crippen MR) is 55.0 cm³/mol. The molecule has 0 bridgehead atoms. The molecule has 1 unspecified atom stereocenters. The van der Waals surface area contributed by atoms with Gasteiger partial charge in [0.25, 0.3) is 0 Å². The molecule has 1 nitrogen and oxygen atoms in total. The quantitative estimate of drug-likeness (QED) is 0.745. The Bertz CT molecular complexity index is 286. The van der Waals surface area contributed by atoms with Crippen molar-refractivity contribution in [2.45, 2.75) is 18.2 Å². The lowest BCUT2D eigenvalue weighted by Gasteiger charge is -2.10. The van der Waals surface area contributed by atoms with Gasteiger partial charge in [-0.3, -0.25) is 0 Å². The summed E-state index contributed by atoms with van der Waals surface area (Å²) in [5.41, 5.74) is 0.634. The molecule has 0 aliphatic rings. The number of ether oxygens (including phenoxy) is 1. The number of benzene rings is 1. The molecule has 1 atom stereocenters. The van der Waals surface area contributed by atoms with E-state index in [1.54, 1.807) is 19.2 Å². The second-order valence-electron chi connectivity index (χ2n) is 2.91. The smallest absolute Gasteiger partial charge is 0.130 e. The topological polar surface area (TPSA) is 9.23 Å². The van der Waals surface area contributed by atoms with Crippen molar-refractivity contribution in [1.82, 2.24) is 0 Å². The first-order chi connectivity index (χ1) is 6.15. The number of methoxy groups -OCH3 is 1. The van der Waals surface area contributed by atoms with Crippen molar-refractivity contribution in [2.24, 2.45) is 0 Å². The summed E-state index contributed by atoms with van der Waals surface area (Å²) < 4.78 is 18.4. The van der Waals surface area contributed by atoms with E-state index >= 15 is 0 Å². The van der Waals surface area contributed by atoms with Crippen LogP contribution in [0.25, 0.3) is 0 Å². The fourth-order valence-corrected chi connectivity index (χ4v) is 1.53. The first kappa shape index (κ1) is 10.5. The SMILES string of the molecule is COc1cccc(F)c1CC(C)Br. The van der Waals surface area contributed by atoms with Crippen LogP contribution < -0.4 is 4.74 Å². The van der Waals surface area contributed by atoms with E-state index in [0.717, 1.165) is 0 Å². The molecule has 0 fully saturated rings. The van der Waals surface area contributed by atoms with Crippen LogP contribution in [0.5, 0.6) is 5.75 Å². The molecule has 0 aromatic heterocycles. The van der Waals surface area contributed by atoms with Crippen molar-refractivity contribution in [3.63, 3.8) is 0 Å². The zero-order valence-electron chi connectivity index (χ0n) is 7.68. The van der Waals surface area contributed by atoms with Crippen LogP contribution in [0, 0.1) is 5.82 Å². The van der Waals surface area contributed by atoms with Gasteiger partial charge in [-0.25, -0.2) is 4.39 Å². The third-order valence-corrected chi connectivity index (χ3v) is 2.10. The molecule has 0 aliphatic heterocycles. The monoisotopic (exact) mass is 246 g/mol. The van der Waals surface area contributed by atoms with Gasteiger partial charge in [0, 0.05) is 10.4 Å². The van der Waals surface area contributed by atoms with Crippen molar-refractivity contribution in [2.75, 3.05) is 7.11 Å². The van der Waals surface area contributed by atoms with Gasteiger partial charge in [-0.15, -0.1) is 0 Å². The van der Waals surface area contributed by atoms with Gasteiger partial charge in [0.1, 0.15) is 11.6 Å². The molecule has 1 rings (SSSR count). The van der Waals surface area contributed by atoms with Crippen LogP contribution in [0.4, 0.5) is 4.39 Å². The summed E-state index contributed by atoms with van der Waals surface area (Å²) in [6, 6.07) is 4.87. The van der Waals surface area contributed by atoms with Crippen LogP contribution in [0.3, 0.4) is 0 Å². The number of hydrogen-bond donors (Lipinski definition) is 0. The molecule has 0 N–H and O–H groups in total. The maximum absolute atomic E-state index is 13.3.